The minimum absolute atomic E-state index is 0. The summed E-state index contributed by atoms with van der Waals surface area (Å²) >= 11 is 0. The Kier molecular flexibility index (Phi) is 7.37. The second kappa shape index (κ2) is 6.22. The van der Waals surface area contributed by atoms with Gasteiger partial charge < -0.3 is 16.4 Å². The zero-order valence-corrected chi connectivity index (χ0v) is 8.62. The Morgan fingerprint density at radius 3 is 2.33 bits per heavy atom. The maximum atomic E-state index is 10.9. The molecule has 5 heteroatoms. The van der Waals surface area contributed by atoms with Gasteiger partial charge in [-0.3, -0.25) is 4.79 Å². The van der Waals surface area contributed by atoms with Crippen molar-refractivity contribution in [1.29, 1.82) is 0 Å². The first-order valence-corrected chi connectivity index (χ1v) is 3.66. The molecule has 0 rings (SSSR count). The molecule has 0 heterocycles. The van der Waals surface area contributed by atoms with Crippen LogP contribution in [0.3, 0.4) is 0 Å². The van der Waals surface area contributed by atoms with Crippen LogP contribution in [0.4, 0.5) is 0 Å². The average Bonchev–Trinajstić information content (AvgIpc) is 1.83. The van der Waals surface area contributed by atoms with Crippen LogP contribution >= 0.6 is 12.4 Å². The summed E-state index contributed by atoms with van der Waals surface area (Å²) in [5, 5.41) is 5.45. The summed E-state index contributed by atoms with van der Waals surface area (Å²) in [6.45, 7) is 4.59. The number of carbonyl (C=O) groups excluding carboxylic acids is 1. The molecule has 12 heavy (non-hydrogen) atoms. The van der Waals surface area contributed by atoms with E-state index in [0.717, 1.165) is 0 Å². The number of amides is 1. The third-order valence-electron chi connectivity index (χ3n) is 1.08. The lowest BCUT2D eigenvalue weighted by atomic mass is 10.1. The predicted molar refractivity (Wildman–Crippen MR) is 52.5 cm³/mol. The molecular formula is C7H18ClN3O. The van der Waals surface area contributed by atoms with Crippen molar-refractivity contribution in [2.45, 2.75) is 19.4 Å². The maximum absolute atomic E-state index is 10.9. The zero-order chi connectivity index (χ0) is 8.91. The molecule has 4 N–H and O–H groups in total. The molecule has 74 valence electrons. The van der Waals surface area contributed by atoms with Gasteiger partial charge in [0.05, 0.1) is 6.54 Å². The summed E-state index contributed by atoms with van der Waals surface area (Å²) in [5.41, 5.74) is 5.31. The topological polar surface area (TPSA) is 67.2 Å². The molecule has 0 aliphatic carbocycles. The van der Waals surface area contributed by atoms with Gasteiger partial charge in [0.15, 0.2) is 0 Å². The molecule has 0 aromatic heterocycles. The fourth-order valence-electron chi connectivity index (χ4n) is 0.549. The van der Waals surface area contributed by atoms with Gasteiger partial charge in [0, 0.05) is 12.1 Å². The summed E-state index contributed by atoms with van der Waals surface area (Å²) in [6, 6.07) is 0. The molecule has 0 radical (unpaired) electrons. The van der Waals surface area contributed by atoms with Gasteiger partial charge in [-0.1, -0.05) is 0 Å². The van der Waals surface area contributed by atoms with Crippen molar-refractivity contribution >= 4 is 18.3 Å². The first-order valence-electron chi connectivity index (χ1n) is 3.66. The summed E-state index contributed by atoms with van der Waals surface area (Å²) < 4.78 is 0. The average molecular weight is 196 g/mol. The van der Waals surface area contributed by atoms with E-state index in [0.29, 0.717) is 13.1 Å². The van der Waals surface area contributed by atoms with E-state index in [1.54, 1.807) is 7.05 Å². The van der Waals surface area contributed by atoms with Crippen LogP contribution in [0.2, 0.25) is 0 Å². The van der Waals surface area contributed by atoms with E-state index in [4.69, 9.17) is 5.73 Å². The molecule has 0 aromatic carbocycles. The standard InChI is InChI=1S/C7H17N3O.ClH/c1-7(2,8)5-10-6(11)4-9-3;/h9H,4-5,8H2,1-3H3,(H,10,11);1H. The van der Waals surface area contributed by atoms with Crippen molar-refractivity contribution in [3.05, 3.63) is 0 Å². The predicted octanol–water partition coefficient (Wildman–Crippen LogP) is -0.519. The highest BCUT2D eigenvalue weighted by Crippen LogP contribution is 1.91. The van der Waals surface area contributed by atoms with E-state index < -0.39 is 0 Å². The Morgan fingerprint density at radius 1 is 1.50 bits per heavy atom. The van der Waals surface area contributed by atoms with Crippen LogP contribution in [0.5, 0.6) is 0 Å². The van der Waals surface area contributed by atoms with Crippen LogP contribution in [0.15, 0.2) is 0 Å². The Balaban J connectivity index is 0. The fourth-order valence-corrected chi connectivity index (χ4v) is 0.549. The molecule has 0 spiro atoms. The molecule has 4 nitrogen and oxygen atoms in total. The van der Waals surface area contributed by atoms with Crippen molar-refractivity contribution in [2.24, 2.45) is 5.73 Å². The van der Waals surface area contributed by atoms with E-state index in [1.165, 1.54) is 0 Å². The van der Waals surface area contributed by atoms with Gasteiger partial charge in [0.1, 0.15) is 0 Å². The minimum atomic E-state index is -0.330. The first kappa shape index (κ1) is 14.2. The molecule has 0 saturated heterocycles. The summed E-state index contributed by atoms with van der Waals surface area (Å²) in [4.78, 5) is 10.9. The number of likely N-dealkylation sites (N-methyl/N-ethyl adjacent to an activating group) is 1. The number of nitrogens with one attached hydrogen (secondary N) is 2. The lowest BCUT2D eigenvalue weighted by Gasteiger charge is -2.18. The van der Waals surface area contributed by atoms with Crippen LogP contribution < -0.4 is 16.4 Å². The molecule has 0 unspecified atom stereocenters. The molecule has 0 atom stereocenters. The normalized spacial score (nSPS) is 10.3. The number of halogens is 1. The van der Waals surface area contributed by atoms with Crippen molar-refractivity contribution in [2.75, 3.05) is 20.1 Å². The van der Waals surface area contributed by atoms with E-state index in [2.05, 4.69) is 10.6 Å². The Morgan fingerprint density at radius 2 is 2.00 bits per heavy atom. The number of rotatable bonds is 4. The summed E-state index contributed by atoms with van der Waals surface area (Å²) in [5.74, 6) is -0.0222. The molecule has 1 amide bonds. The third kappa shape index (κ3) is 9.68. The summed E-state index contributed by atoms with van der Waals surface area (Å²) in [7, 11) is 1.73. The van der Waals surface area contributed by atoms with Crippen LogP contribution in [-0.4, -0.2) is 31.6 Å². The molecular weight excluding hydrogens is 178 g/mol. The van der Waals surface area contributed by atoms with Crippen LogP contribution in [-0.2, 0) is 4.79 Å². The highest BCUT2D eigenvalue weighted by molar-refractivity contribution is 5.85. The van der Waals surface area contributed by atoms with Gasteiger partial charge in [-0.05, 0) is 20.9 Å². The van der Waals surface area contributed by atoms with Crippen LogP contribution in [0, 0.1) is 0 Å². The van der Waals surface area contributed by atoms with E-state index >= 15 is 0 Å². The quantitative estimate of drug-likeness (QED) is 0.566. The lowest BCUT2D eigenvalue weighted by Crippen LogP contribution is -2.46. The third-order valence-corrected chi connectivity index (χ3v) is 1.08. The molecule has 0 aromatic rings. The second-order valence-corrected chi connectivity index (χ2v) is 3.30. The lowest BCUT2D eigenvalue weighted by molar-refractivity contribution is -0.120. The largest absolute Gasteiger partial charge is 0.353 e. The Labute approximate surface area is 79.7 Å². The number of carbonyl (C=O) groups is 1. The molecule has 0 bridgehead atoms. The minimum Gasteiger partial charge on any atom is -0.353 e. The highest BCUT2D eigenvalue weighted by atomic mass is 35.5. The van der Waals surface area contributed by atoms with Gasteiger partial charge >= 0.3 is 0 Å². The van der Waals surface area contributed by atoms with Gasteiger partial charge in [0.25, 0.3) is 0 Å². The van der Waals surface area contributed by atoms with Gasteiger partial charge in [-0.25, -0.2) is 0 Å². The van der Waals surface area contributed by atoms with Crippen molar-refractivity contribution in [3.63, 3.8) is 0 Å². The monoisotopic (exact) mass is 195 g/mol. The fraction of sp³-hybridized carbons (Fsp3) is 0.857. The number of hydrogen-bond acceptors (Lipinski definition) is 3. The van der Waals surface area contributed by atoms with Gasteiger partial charge in [0.2, 0.25) is 5.91 Å². The first-order chi connectivity index (χ1) is 4.95. The second-order valence-electron chi connectivity index (χ2n) is 3.30. The maximum Gasteiger partial charge on any atom is 0.234 e. The number of hydrogen-bond donors (Lipinski definition) is 3. The molecule has 0 aliphatic rings. The summed E-state index contributed by atoms with van der Waals surface area (Å²) in [6.07, 6.45) is 0. The number of nitrogens with two attached hydrogens (primary N) is 1. The van der Waals surface area contributed by atoms with E-state index in [9.17, 15) is 4.79 Å². The van der Waals surface area contributed by atoms with Crippen molar-refractivity contribution < 1.29 is 4.79 Å². The zero-order valence-electron chi connectivity index (χ0n) is 7.81. The van der Waals surface area contributed by atoms with E-state index in [-0.39, 0.29) is 23.9 Å². The molecule has 0 saturated carbocycles. The molecule has 0 aliphatic heterocycles. The molecule has 0 fully saturated rings. The Hall–Kier alpha value is -0.320. The van der Waals surface area contributed by atoms with Crippen LogP contribution in [0.1, 0.15) is 13.8 Å². The SMILES string of the molecule is CNCC(=O)NCC(C)(C)N.Cl. The van der Waals surface area contributed by atoms with Crippen LogP contribution in [0.25, 0.3) is 0 Å². The highest BCUT2D eigenvalue weighted by Gasteiger charge is 2.11. The van der Waals surface area contributed by atoms with Gasteiger partial charge in [-0.2, -0.15) is 0 Å². The smallest absolute Gasteiger partial charge is 0.234 e. The van der Waals surface area contributed by atoms with Gasteiger partial charge in [-0.15, -0.1) is 12.4 Å². The van der Waals surface area contributed by atoms with Crippen molar-refractivity contribution in [1.82, 2.24) is 10.6 Å². The van der Waals surface area contributed by atoms with E-state index in [1.807, 2.05) is 13.8 Å². The van der Waals surface area contributed by atoms with Crippen molar-refractivity contribution in [3.8, 4) is 0 Å². The Bertz CT molecular complexity index is 133.